The van der Waals surface area contributed by atoms with Crippen molar-refractivity contribution in [2.24, 2.45) is 0 Å². The van der Waals surface area contributed by atoms with Crippen LogP contribution >= 0.6 is 0 Å². The van der Waals surface area contributed by atoms with Crippen molar-refractivity contribution in [3.8, 4) is 17.2 Å². The van der Waals surface area contributed by atoms with Gasteiger partial charge in [-0.05, 0) is 24.3 Å². The standard InChI is InChI=1S/C22H26N2O6/c1-27-17-12-16(13-18(14-17)28-2)22(26)30-15-21(25)24-10-8-23(9-11-24)19-6-4-5-7-20(19)29-3/h4-7,12-14H,8-11,15H2,1-3H3. The molecule has 0 spiro atoms. The summed E-state index contributed by atoms with van der Waals surface area (Å²) in [6, 6.07) is 12.5. The third kappa shape index (κ3) is 4.94. The monoisotopic (exact) mass is 414 g/mol. The second kappa shape index (κ2) is 9.87. The van der Waals surface area contributed by atoms with Gasteiger partial charge in [0.1, 0.15) is 17.2 Å². The van der Waals surface area contributed by atoms with Gasteiger partial charge in [0, 0.05) is 32.2 Å². The van der Waals surface area contributed by atoms with Crippen LogP contribution in [-0.4, -0.2) is 70.9 Å². The van der Waals surface area contributed by atoms with E-state index in [4.69, 9.17) is 18.9 Å². The molecule has 8 nitrogen and oxygen atoms in total. The van der Waals surface area contributed by atoms with Crippen LogP contribution in [0.15, 0.2) is 42.5 Å². The first kappa shape index (κ1) is 21.3. The summed E-state index contributed by atoms with van der Waals surface area (Å²) in [5.41, 5.74) is 1.27. The molecule has 0 N–H and O–H groups in total. The SMILES string of the molecule is COc1cc(OC)cc(C(=O)OCC(=O)N2CCN(c3ccccc3OC)CC2)c1. The van der Waals surface area contributed by atoms with Gasteiger partial charge in [-0.15, -0.1) is 0 Å². The van der Waals surface area contributed by atoms with E-state index in [0.29, 0.717) is 37.7 Å². The molecular weight excluding hydrogens is 388 g/mol. The Hall–Kier alpha value is -3.42. The Morgan fingerprint density at radius 1 is 0.867 bits per heavy atom. The van der Waals surface area contributed by atoms with Gasteiger partial charge in [-0.2, -0.15) is 0 Å². The van der Waals surface area contributed by atoms with Crippen LogP contribution in [0.2, 0.25) is 0 Å². The molecule has 1 aliphatic heterocycles. The summed E-state index contributed by atoms with van der Waals surface area (Å²) in [6.07, 6.45) is 0. The summed E-state index contributed by atoms with van der Waals surface area (Å²) in [6.45, 7) is 2.12. The smallest absolute Gasteiger partial charge is 0.338 e. The topological polar surface area (TPSA) is 77.5 Å². The molecule has 0 radical (unpaired) electrons. The maximum absolute atomic E-state index is 12.5. The molecule has 0 aromatic heterocycles. The Morgan fingerprint density at radius 3 is 2.10 bits per heavy atom. The molecule has 1 fully saturated rings. The maximum Gasteiger partial charge on any atom is 0.338 e. The number of carbonyl (C=O) groups excluding carboxylic acids is 2. The highest BCUT2D eigenvalue weighted by atomic mass is 16.5. The molecule has 0 atom stereocenters. The van der Waals surface area contributed by atoms with Gasteiger partial charge in [0.2, 0.25) is 0 Å². The Kier molecular flexibility index (Phi) is 7.00. The number of ether oxygens (including phenoxy) is 4. The normalized spacial score (nSPS) is 13.6. The van der Waals surface area contributed by atoms with Crippen molar-refractivity contribution in [1.82, 2.24) is 4.90 Å². The molecule has 8 heteroatoms. The third-order valence-electron chi connectivity index (χ3n) is 4.97. The molecule has 1 saturated heterocycles. The number of anilines is 1. The fourth-order valence-electron chi connectivity index (χ4n) is 3.31. The molecule has 160 valence electrons. The van der Waals surface area contributed by atoms with Crippen molar-refractivity contribution in [2.75, 3.05) is 59.0 Å². The number of methoxy groups -OCH3 is 3. The molecule has 30 heavy (non-hydrogen) atoms. The van der Waals surface area contributed by atoms with E-state index >= 15 is 0 Å². The number of hydrogen-bond donors (Lipinski definition) is 0. The van der Waals surface area contributed by atoms with E-state index < -0.39 is 5.97 Å². The van der Waals surface area contributed by atoms with Gasteiger partial charge in [0.05, 0.1) is 32.6 Å². The summed E-state index contributed by atoms with van der Waals surface area (Å²) in [7, 11) is 4.64. The van der Waals surface area contributed by atoms with Gasteiger partial charge in [-0.1, -0.05) is 12.1 Å². The Bertz CT molecular complexity index is 871. The lowest BCUT2D eigenvalue weighted by Gasteiger charge is -2.36. The average molecular weight is 414 g/mol. The number of para-hydroxylation sites is 2. The quantitative estimate of drug-likeness (QED) is 0.643. The number of esters is 1. The lowest BCUT2D eigenvalue weighted by Crippen LogP contribution is -2.50. The summed E-state index contributed by atoms with van der Waals surface area (Å²) in [4.78, 5) is 28.7. The van der Waals surface area contributed by atoms with E-state index in [9.17, 15) is 9.59 Å². The average Bonchev–Trinajstić information content (AvgIpc) is 2.81. The van der Waals surface area contributed by atoms with Crippen molar-refractivity contribution in [3.05, 3.63) is 48.0 Å². The highest BCUT2D eigenvalue weighted by Gasteiger charge is 2.24. The number of benzene rings is 2. The molecule has 0 saturated carbocycles. The zero-order valence-electron chi connectivity index (χ0n) is 17.4. The molecular formula is C22H26N2O6. The summed E-state index contributed by atoms with van der Waals surface area (Å²) < 4.78 is 20.9. The van der Waals surface area contributed by atoms with E-state index in [-0.39, 0.29) is 18.1 Å². The molecule has 0 bridgehead atoms. The zero-order chi connectivity index (χ0) is 21.5. The van der Waals surface area contributed by atoms with Crippen molar-refractivity contribution < 1.29 is 28.5 Å². The summed E-state index contributed by atoms with van der Waals surface area (Å²) in [5, 5.41) is 0. The molecule has 1 aliphatic rings. The molecule has 0 unspecified atom stereocenters. The second-order valence-corrected chi connectivity index (χ2v) is 6.72. The van der Waals surface area contributed by atoms with Gasteiger partial charge in [0.25, 0.3) is 5.91 Å². The first-order valence-electron chi connectivity index (χ1n) is 9.61. The molecule has 1 heterocycles. The van der Waals surface area contributed by atoms with Crippen LogP contribution in [0.1, 0.15) is 10.4 Å². The van der Waals surface area contributed by atoms with Crippen LogP contribution in [-0.2, 0) is 9.53 Å². The maximum atomic E-state index is 12.5. The lowest BCUT2D eigenvalue weighted by molar-refractivity contribution is -0.134. The van der Waals surface area contributed by atoms with Crippen LogP contribution in [0.5, 0.6) is 17.2 Å². The minimum absolute atomic E-state index is 0.224. The number of carbonyl (C=O) groups is 2. The van der Waals surface area contributed by atoms with Gasteiger partial charge in [-0.3, -0.25) is 4.79 Å². The molecule has 1 amide bonds. The van der Waals surface area contributed by atoms with E-state index in [1.807, 2.05) is 24.3 Å². The van der Waals surface area contributed by atoms with E-state index in [1.165, 1.54) is 14.2 Å². The van der Waals surface area contributed by atoms with Crippen LogP contribution in [0, 0.1) is 0 Å². The second-order valence-electron chi connectivity index (χ2n) is 6.72. The number of nitrogens with zero attached hydrogens (tertiary/aromatic N) is 2. The largest absolute Gasteiger partial charge is 0.497 e. The molecule has 2 aromatic rings. The van der Waals surface area contributed by atoms with Crippen LogP contribution < -0.4 is 19.1 Å². The number of piperazine rings is 1. The van der Waals surface area contributed by atoms with Gasteiger partial charge < -0.3 is 28.7 Å². The van der Waals surface area contributed by atoms with Crippen molar-refractivity contribution in [2.45, 2.75) is 0 Å². The number of hydrogen-bond acceptors (Lipinski definition) is 7. The molecule has 0 aliphatic carbocycles. The van der Waals surface area contributed by atoms with Gasteiger partial charge in [0.15, 0.2) is 6.61 Å². The number of rotatable bonds is 7. The zero-order valence-corrected chi connectivity index (χ0v) is 17.4. The van der Waals surface area contributed by atoms with Gasteiger partial charge >= 0.3 is 5.97 Å². The Labute approximate surface area is 175 Å². The minimum Gasteiger partial charge on any atom is -0.497 e. The van der Waals surface area contributed by atoms with Crippen LogP contribution in [0.4, 0.5) is 5.69 Å². The summed E-state index contributed by atoms with van der Waals surface area (Å²) in [5.74, 6) is 0.922. The minimum atomic E-state index is -0.604. The highest BCUT2D eigenvalue weighted by molar-refractivity contribution is 5.92. The first-order valence-corrected chi connectivity index (χ1v) is 9.61. The van der Waals surface area contributed by atoms with Crippen molar-refractivity contribution in [3.63, 3.8) is 0 Å². The Morgan fingerprint density at radius 2 is 1.50 bits per heavy atom. The fourth-order valence-corrected chi connectivity index (χ4v) is 3.31. The predicted molar refractivity (Wildman–Crippen MR) is 112 cm³/mol. The Balaban J connectivity index is 1.53. The van der Waals surface area contributed by atoms with Crippen molar-refractivity contribution in [1.29, 1.82) is 0 Å². The third-order valence-corrected chi connectivity index (χ3v) is 4.97. The number of amides is 1. The van der Waals surface area contributed by atoms with Gasteiger partial charge in [-0.25, -0.2) is 4.79 Å². The molecule has 2 aromatic carbocycles. The fraction of sp³-hybridized carbons (Fsp3) is 0.364. The van der Waals surface area contributed by atoms with Crippen LogP contribution in [0.3, 0.4) is 0 Å². The van der Waals surface area contributed by atoms with E-state index in [2.05, 4.69) is 4.90 Å². The first-order chi connectivity index (χ1) is 14.5. The van der Waals surface area contributed by atoms with Crippen molar-refractivity contribution >= 4 is 17.6 Å². The van der Waals surface area contributed by atoms with E-state index in [0.717, 1.165) is 11.4 Å². The molecule has 3 rings (SSSR count). The van der Waals surface area contributed by atoms with Crippen LogP contribution in [0.25, 0.3) is 0 Å². The van der Waals surface area contributed by atoms with E-state index in [1.54, 1.807) is 30.2 Å². The summed E-state index contributed by atoms with van der Waals surface area (Å²) >= 11 is 0. The predicted octanol–water partition coefficient (Wildman–Crippen LogP) is 2.22. The highest BCUT2D eigenvalue weighted by Crippen LogP contribution is 2.28. The lowest BCUT2D eigenvalue weighted by atomic mass is 10.2.